The number of carbonyl (C=O) groups is 2. The van der Waals surface area contributed by atoms with Crippen molar-refractivity contribution in [2.75, 3.05) is 32.8 Å². The predicted molar refractivity (Wildman–Crippen MR) is 121 cm³/mol. The van der Waals surface area contributed by atoms with Gasteiger partial charge in [0, 0.05) is 31.1 Å². The molecule has 2 aromatic carbocycles. The first-order valence-corrected chi connectivity index (χ1v) is 11.2. The maximum Gasteiger partial charge on any atom is 0.253 e. The third-order valence-electron chi connectivity index (χ3n) is 5.56. The molecule has 0 bridgehead atoms. The lowest BCUT2D eigenvalue weighted by Crippen LogP contribution is -2.43. The van der Waals surface area contributed by atoms with Gasteiger partial charge in [-0.15, -0.1) is 0 Å². The smallest absolute Gasteiger partial charge is 0.253 e. The van der Waals surface area contributed by atoms with Crippen LogP contribution in [0.5, 0.6) is 11.5 Å². The minimum absolute atomic E-state index is 0.0230. The highest BCUT2D eigenvalue weighted by atomic mass is 19.1. The van der Waals surface area contributed by atoms with Crippen LogP contribution in [0.15, 0.2) is 42.5 Å². The Morgan fingerprint density at radius 3 is 2.31 bits per heavy atom. The van der Waals surface area contributed by atoms with Gasteiger partial charge in [0.1, 0.15) is 5.82 Å². The van der Waals surface area contributed by atoms with Gasteiger partial charge in [-0.2, -0.15) is 0 Å². The predicted octanol–water partition coefficient (Wildman–Crippen LogP) is 3.83. The van der Waals surface area contributed by atoms with Crippen LogP contribution >= 0.6 is 0 Å². The molecule has 7 heteroatoms. The minimum Gasteiger partial charge on any atom is -0.490 e. The van der Waals surface area contributed by atoms with Crippen LogP contribution in [0.3, 0.4) is 0 Å². The Morgan fingerprint density at radius 1 is 1.00 bits per heavy atom. The number of nitrogens with one attached hydrogen (secondary N) is 1. The highest BCUT2D eigenvalue weighted by molar-refractivity contribution is 5.94. The number of benzene rings is 2. The molecule has 32 heavy (non-hydrogen) atoms. The molecule has 172 valence electrons. The zero-order valence-electron chi connectivity index (χ0n) is 18.7. The molecule has 0 aliphatic carbocycles. The van der Waals surface area contributed by atoms with Crippen molar-refractivity contribution in [3.63, 3.8) is 0 Å². The quantitative estimate of drug-likeness (QED) is 0.641. The van der Waals surface area contributed by atoms with Gasteiger partial charge in [-0.1, -0.05) is 6.07 Å². The molecule has 0 saturated carbocycles. The van der Waals surface area contributed by atoms with E-state index in [1.165, 1.54) is 24.3 Å². The summed E-state index contributed by atoms with van der Waals surface area (Å²) in [6.07, 6.45) is 1.94. The van der Waals surface area contributed by atoms with Gasteiger partial charge in [0.25, 0.3) is 5.91 Å². The number of rotatable bonds is 9. The molecule has 1 aliphatic rings. The van der Waals surface area contributed by atoms with Crippen molar-refractivity contribution >= 4 is 11.8 Å². The summed E-state index contributed by atoms with van der Waals surface area (Å²) in [5.74, 6) is 0.877. The van der Waals surface area contributed by atoms with Crippen molar-refractivity contribution < 1.29 is 23.5 Å². The molecule has 1 saturated heterocycles. The lowest BCUT2D eigenvalue weighted by molar-refractivity contribution is -0.126. The molecular weight excluding hydrogens is 411 g/mol. The summed E-state index contributed by atoms with van der Waals surface area (Å²) in [7, 11) is 0. The monoisotopic (exact) mass is 442 g/mol. The fourth-order valence-electron chi connectivity index (χ4n) is 3.85. The first kappa shape index (κ1) is 23.6. The van der Waals surface area contributed by atoms with E-state index in [1.807, 2.05) is 32.0 Å². The zero-order chi connectivity index (χ0) is 22.9. The molecule has 0 unspecified atom stereocenters. The number of likely N-dealkylation sites (tertiary alicyclic amines) is 1. The number of carbonyl (C=O) groups excluding carboxylic acids is 2. The largest absolute Gasteiger partial charge is 0.490 e. The number of ether oxygens (including phenoxy) is 2. The minimum atomic E-state index is -0.365. The topological polar surface area (TPSA) is 67.9 Å². The maximum absolute atomic E-state index is 13.1. The maximum atomic E-state index is 13.1. The number of halogens is 1. The molecule has 0 atom stereocenters. The number of hydrogen-bond acceptors (Lipinski definition) is 4. The second-order valence-corrected chi connectivity index (χ2v) is 7.76. The Balaban J connectivity index is 1.45. The van der Waals surface area contributed by atoms with E-state index in [0.717, 1.165) is 17.1 Å². The molecule has 0 aromatic heterocycles. The highest BCUT2D eigenvalue weighted by Gasteiger charge is 2.27. The van der Waals surface area contributed by atoms with E-state index in [-0.39, 0.29) is 23.5 Å². The Kier molecular flexibility index (Phi) is 8.48. The second kappa shape index (κ2) is 11.5. The molecule has 0 radical (unpaired) electrons. The third kappa shape index (κ3) is 6.22. The Bertz CT molecular complexity index is 909. The van der Waals surface area contributed by atoms with Crippen molar-refractivity contribution in [2.24, 2.45) is 5.92 Å². The Hall–Kier alpha value is -3.09. The van der Waals surface area contributed by atoms with Crippen molar-refractivity contribution in [3.8, 4) is 11.5 Å². The van der Waals surface area contributed by atoms with Crippen molar-refractivity contribution in [1.82, 2.24) is 10.2 Å². The van der Waals surface area contributed by atoms with Gasteiger partial charge in [0.15, 0.2) is 11.5 Å². The zero-order valence-corrected chi connectivity index (χ0v) is 18.7. The Labute approximate surface area is 188 Å². The van der Waals surface area contributed by atoms with Crippen LogP contribution in [0.1, 0.15) is 42.6 Å². The van der Waals surface area contributed by atoms with E-state index in [2.05, 4.69) is 5.32 Å². The number of piperidine rings is 1. The fourth-order valence-corrected chi connectivity index (χ4v) is 3.85. The average molecular weight is 443 g/mol. The molecule has 3 rings (SSSR count). The SMILES string of the molecule is CCOc1ccc(CCNC(=O)C2CCN(C(=O)c3ccc(F)cc3)CC2)cc1OCC. The summed E-state index contributed by atoms with van der Waals surface area (Å²) in [6.45, 7) is 6.57. The average Bonchev–Trinajstić information content (AvgIpc) is 2.81. The van der Waals surface area contributed by atoms with Crippen LogP contribution in [0, 0.1) is 11.7 Å². The molecule has 0 spiro atoms. The normalized spacial score (nSPS) is 14.2. The van der Waals surface area contributed by atoms with E-state index in [9.17, 15) is 14.0 Å². The van der Waals surface area contributed by atoms with Crippen molar-refractivity contribution in [1.29, 1.82) is 0 Å². The van der Waals surface area contributed by atoms with Crippen LogP contribution < -0.4 is 14.8 Å². The summed E-state index contributed by atoms with van der Waals surface area (Å²) < 4.78 is 24.3. The third-order valence-corrected chi connectivity index (χ3v) is 5.56. The van der Waals surface area contributed by atoms with Gasteiger partial charge in [0.05, 0.1) is 13.2 Å². The molecule has 2 aromatic rings. The molecule has 1 fully saturated rings. The standard InChI is InChI=1S/C25H31FN2O4/c1-3-31-22-10-5-18(17-23(22)32-4-2)11-14-27-24(29)19-12-15-28(16-13-19)25(30)20-6-8-21(26)9-7-20/h5-10,17,19H,3-4,11-16H2,1-2H3,(H,27,29). The summed E-state index contributed by atoms with van der Waals surface area (Å²) in [5.41, 5.74) is 1.54. The summed E-state index contributed by atoms with van der Waals surface area (Å²) in [4.78, 5) is 26.8. The van der Waals surface area contributed by atoms with Crippen molar-refractivity contribution in [2.45, 2.75) is 33.1 Å². The van der Waals surface area contributed by atoms with Gasteiger partial charge < -0.3 is 19.7 Å². The van der Waals surface area contributed by atoms with E-state index in [4.69, 9.17) is 9.47 Å². The van der Waals surface area contributed by atoms with Gasteiger partial charge in [0.2, 0.25) is 5.91 Å². The molecule has 1 aliphatic heterocycles. The van der Waals surface area contributed by atoms with Crippen LogP contribution in [0.4, 0.5) is 4.39 Å². The van der Waals surface area contributed by atoms with Crippen LogP contribution in [0.25, 0.3) is 0 Å². The first-order valence-electron chi connectivity index (χ1n) is 11.2. The molecule has 6 nitrogen and oxygen atoms in total. The van der Waals surface area contributed by atoms with E-state index in [1.54, 1.807) is 4.90 Å². The van der Waals surface area contributed by atoms with E-state index < -0.39 is 0 Å². The lowest BCUT2D eigenvalue weighted by atomic mass is 9.95. The molecule has 1 N–H and O–H groups in total. The number of amides is 2. The highest BCUT2D eigenvalue weighted by Crippen LogP contribution is 2.28. The Morgan fingerprint density at radius 2 is 1.66 bits per heavy atom. The number of hydrogen-bond donors (Lipinski definition) is 1. The summed E-state index contributed by atoms with van der Waals surface area (Å²) in [6, 6.07) is 11.4. The van der Waals surface area contributed by atoms with E-state index >= 15 is 0 Å². The number of nitrogens with zero attached hydrogens (tertiary/aromatic N) is 1. The van der Waals surface area contributed by atoms with Gasteiger partial charge in [-0.3, -0.25) is 9.59 Å². The van der Waals surface area contributed by atoms with Crippen LogP contribution in [-0.4, -0.2) is 49.6 Å². The van der Waals surface area contributed by atoms with Gasteiger partial charge >= 0.3 is 0 Å². The second-order valence-electron chi connectivity index (χ2n) is 7.76. The lowest BCUT2D eigenvalue weighted by Gasteiger charge is -2.31. The summed E-state index contributed by atoms with van der Waals surface area (Å²) >= 11 is 0. The first-order chi connectivity index (χ1) is 15.5. The molecule has 2 amide bonds. The van der Waals surface area contributed by atoms with E-state index in [0.29, 0.717) is 57.7 Å². The van der Waals surface area contributed by atoms with Crippen LogP contribution in [0.2, 0.25) is 0 Å². The fraction of sp³-hybridized carbons (Fsp3) is 0.440. The van der Waals surface area contributed by atoms with Gasteiger partial charge in [-0.05, 0) is 75.1 Å². The van der Waals surface area contributed by atoms with Crippen molar-refractivity contribution in [3.05, 3.63) is 59.4 Å². The summed E-state index contributed by atoms with van der Waals surface area (Å²) in [5, 5.41) is 3.02. The van der Waals surface area contributed by atoms with Gasteiger partial charge in [-0.25, -0.2) is 4.39 Å². The van der Waals surface area contributed by atoms with Crippen LogP contribution in [-0.2, 0) is 11.2 Å². The molecule has 1 heterocycles. The molecular formula is C25H31FN2O4.